The predicted molar refractivity (Wildman–Crippen MR) is 51.2 cm³/mol. The molecular formula is C8H8N4O3. The molecule has 1 aromatic carbocycles. The number of nitrogens with zero attached hydrogens (tertiary/aromatic N) is 4. The fourth-order valence-corrected chi connectivity index (χ4v) is 1.29. The van der Waals surface area contributed by atoms with Crippen molar-refractivity contribution in [3.8, 4) is 0 Å². The Labute approximate surface area is 84.4 Å². The Morgan fingerprint density at radius 3 is 3.07 bits per heavy atom. The Hall–Kier alpha value is -2.02. The zero-order valence-electron chi connectivity index (χ0n) is 7.95. The van der Waals surface area contributed by atoms with E-state index in [1.165, 1.54) is 16.8 Å². The number of hydrogen-bond acceptors (Lipinski definition) is 5. The molecule has 0 spiro atoms. The second kappa shape index (κ2) is 3.62. The summed E-state index contributed by atoms with van der Waals surface area (Å²) in [6, 6.07) is 4.40. The summed E-state index contributed by atoms with van der Waals surface area (Å²) in [5.41, 5.74) is 1.20. The first kappa shape index (κ1) is 9.53. The van der Waals surface area contributed by atoms with Gasteiger partial charge in [0.2, 0.25) is 0 Å². The molecule has 78 valence electrons. The third-order valence-corrected chi connectivity index (χ3v) is 1.96. The van der Waals surface area contributed by atoms with Crippen LogP contribution in [0.15, 0.2) is 18.2 Å². The van der Waals surface area contributed by atoms with Crippen LogP contribution in [0.5, 0.6) is 0 Å². The van der Waals surface area contributed by atoms with Gasteiger partial charge in [0.1, 0.15) is 12.2 Å². The van der Waals surface area contributed by atoms with E-state index in [0.717, 1.165) is 0 Å². The first-order chi connectivity index (χ1) is 7.22. The fourth-order valence-electron chi connectivity index (χ4n) is 1.29. The van der Waals surface area contributed by atoms with Crippen LogP contribution in [0.4, 0.5) is 5.69 Å². The van der Waals surface area contributed by atoms with Crippen molar-refractivity contribution in [3.05, 3.63) is 28.3 Å². The van der Waals surface area contributed by atoms with E-state index in [1.54, 1.807) is 13.2 Å². The molecule has 0 radical (unpaired) electrons. The van der Waals surface area contributed by atoms with Crippen LogP contribution >= 0.6 is 0 Å². The van der Waals surface area contributed by atoms with Crippen molar-refractivity contribution >= 4 is 16.7 Å². The van der Waals surface area contributed by atoms with Crippen molar-refractivity contribution in [2.75, 3.05) is 7.11 Å². The molecule has 0 N–H and O–H groups in total. The standard InChI is InChI=1S/C8H8N4O3/c1-15-5-11-8-3-2-6(12(13)14)4-7(8)9-10-11/h2-4H,5H2,1H3. The number of fused-ring (bicyclic) bond motifs is 1. The van der Waals surface area contributed by atoms with Crippen molar-refractivity contribution in [1.29, 1.82) is 0 Å². The molecule has 0 saturated heterocycles. The molecule has 0 amide bonds. The molecule has 0 fully saturated rings. The number of benzene rings is 1. The van der Waals surface area contributed by atoms with Crippen molar-refractivity contribution < 1.29 is 9.66 Å². The Balaban J connectivity index is 2.51. The van der Waals surface area contributed by atoms with E-state index in [-0.39, 0.29) is 12.4 Å². The van der Waals surface area contributed by atoms with Gasteiger partial charge in [-0.25, -0.2) is 4.68 Å². The lowest BCUT2D eigenvalue weighted by Gasteiger charge is -1.98. The van der Waals surface area contributed by atoms with Gasteiger partial charge in [0.05, 0.1) is 10.4 Å². The van der Waals surface area contributed by atoms with E-state index in [9.17, 15) is 10.1 Å². The minimum Gasteiger partial charge on any atom is -0.362 e. The number of rotatable bonds is 3. The monoisotopic (exact) mass is 208 g/mol. The van der Waals surface area contributed by atoms with Gasteiger partial charge in [0.15, 0.2) is 0 Å². The average molecular weight is 208 g/mol. The summed E-state index contributed by atoms with van der Waals surface area (Å²) in [7, 11) is 1.54. The molecule has 0 atom stereocenters. The average Bonchev–Trinajstić information content (AvgIpc) is 2.61. The lowest BCUT2D eigenvalue weighted by molar-refractivity contribution is -0.384. The predicted octanol–water partition coefficient (Wildman–Crippen LogP) is 0.943. The molecule has 2 aromatic rings. The second-order valence-electron chi connectivity index (χ2n) is 2.94. The van der Waals surface area contributed by atoms with Gasteiger partial charge in [-0.2, -0.15) is 0 Å². The van der Waals surface area contributed by atoms with Crippen molar-refractivity contribution in [3.63, 3.8) is 0 Å². The molecule has 1 heterocycles. The number of ether oxygens (including phenoxy) is 1. The SMILES string of the molecule is COCn1nnc2cc([N+](=O)[O-])ccc21. The smallest absolute Gasteiger partial charge is 0.271 e. The summed E-state index contributed by atoms with van der Waals surface area (Å²) >= 11 is 0. The van der Waals surface area contributed by atoms with Crippen molar-refractivity contribution in [2.24, 2.45) is 0 Å². The van der Waals surface area contributed by atoms with Gasteiger partial charge < -0.3 is 4.74 Å². The molecule has 15 heavy (non-hydrogen) atoms. The van der Waals surface area contributed by atoms with Gasteiger partial charge in [0.25, 0.3) is 5.69 Å². The minimum absolute atomic E-state index is 0.00645. The summed E-state index contributed by atoms with van der Waals surface area (Å²) < 4.78 is 6.43. The van der Waals surface area contributed by atoms with Crippen LogP contribution in [0.2, 0.25) is 0 Å². The summed E-state index contributed by atoms with van der Waals surface area (Å²) in [6.07, 6.45) is 0. The van der Waals surface area contributed by atoms with Crippen LogP contribution in [0.25, 0.3) is 11.0 Å². The van der Waals surface area contributed by atoms with E-state index in [1.807, 2.05) is 0 Å². The Morgan fingerprint density at radius 2 is 2.40 bits per heavy atom. The molecular weight excluding hydrogens is 200 g/mol. The molecule has 1 aromatic heterocycles. The molecule has 0 aliphatic carbocycles. The fraction of sp³-hybridized carbons (Fsp3) is 0.250. The van der Waals surface area contributed by atoms with Crippen LogP contribution in [-0.2, 0) is 11.5 Å². The first-order valence-corrected chi connectivity index (χ1v) is 4.19. The Morgan fingerprint density at radius 1 is 1.60 bits per heavy atom. The highest BCUT2D eigenvalue weighted by atomic mass is 16.6. The lowest BCUT2D eigenvalue weighted by Crippen LogP contribution is -2.01. The third-order valence-electron chi connectivity index (χ3n) is 1.96. The lowest BCUT2D eigenvalue weighted by atomic mass is 10.3. The third kappa shape index (κ3) is 1.64. The molecule has 0 bridgehead atoms. The van der Waals surface area contributed by atoms with Crippen LogP contribution < -0.4 is 0 Å². The maximum atomic E-state index is 10.5. The number of methoxy groups -OCH3 is 1. The normalized spacial score (nSPS) is 10.7. The molecule has 7 heteroatoms. The highest BCUT2D eigenvalue weighted by Gasteiger charge is 2.10. The topological polar surface area (TPSA) is 83.1 Å². The van der Waals surface area contributed by atoms with Crippen molar-refractivity contribution in [1.82, 2.24) is 15.0 Å². The van der Waals surface area contributed by atoms with E-state index >= 15 is 0 Å². The number of hydrogen-bond donors (Lipinski definition) is 0. The number of aromatic nitrogens is 3. The van der Waals surface area contributed by atoms with Crippen molar-refractivity contribution in [2.45, 2.75) is 6.73 Å². The first-order valence-electron chi connectivity index (χ1n) is 4.19. The zero-order valence-corrected chi connectivity index (χ0v) is 7.95. The van der Waals surface area contributed by atoms with E-state index in [4.69, 9.17) is 4.74 Å². The summed E-state index contributed by atoms with van der Waals surface area (Å²) in [6.45, 7) is 0.272. The summed E-state index contributed by atoms with van der Waals surface area (Å²) in [4.78, 5) is 10.0. The van der Waals surface area contributed by atoms with E-state index < -0.39 is 4.92 Å². The molecule has 0 saturated carbocycles. The molecule has 0 aliphatic rings. The van der Waals surface area contributed by atoms with E-state index in [2.05, 4.69) is 10.3 Å². The number of non-ortho nitro benzene ring substituents is 1. The summed E-state index contributed by atoms with van der Waals surface area (Å²) in [5, 5.41) is 18.1. The Kier molecular flexibility index (Phi) is 2.30. The molecule has 7 nitrogen and oxygen atoms in total. The minimum atomic E-state index is -0.464. The number of nitro benzene ring substituents is 1. The van der Waals surface area contributed by atoms with Gasteiger partial charge in [0, 0.05) is 19.2 Å². The molecule has 2 rings (SSSR count). The van der Waals surface area contributed by atoms with Gasteiger partial charge >= 0.3 is 0 Å². The molecule has 0 unspecified atom stereocenters. The van der Waals surface area contributed by atoms with Gasteiger partial charge in [-0.15, -0.1) is 5.10 Å². The largest absolute Gasteiger partial charge is 0.362 e. The summed E-state index contributed by atoms with van der Waals surface area (Å²) in [5.74, 6) is 0. The van der Waals surface area contributed by atoms with Gasteiger partial charge in [-0.3, -0.25) is 10.1 Å². The maximum Gasteiger partial charge on any atom is 0.271 e. The van der Waals surface area contributed by atoms with E-state index in [0.29, 0.717) is 11.0 Å². The van der Waals surface area contributed by atoms with Crippen LogP contribution in [0.1, 0.15) is 0 Å². The van der Waals surface area contributed by atoms with Crippen LogP contribution in [-0.4, -0.2) is 27.0 Å². The van der Waals surface area contributed by atoms with Crippen LogP contribution in [0.3, 0.4) is 0 Å². The van der Waals surface area contributed by atoms with Crippen LogP contribution in [0, 0.1) is 10.1 Å². The zero-order chi connectivity index (χ0) is 10.8. The number of nitro groups is 1. The quantitative estimate of drug-likeness (QED) is 0.553. The second-order valence-corrected chi connectivity index (χ2v) is 2.94. The van der Waals surface area contributed by atoms with Gasteiger partial charge in [-0.1, -0.05) is 5.21 Å². The Bertz CT molecular complexity index is 508. The highest BCUT2D eigenvalue weighted by molar-refractivity contribution is 5.76. The maximum absolute atomic E-state index is 10.5. The highest BCUT2D eigenvalue weighted by Crippen LogP contribution is 2.18. The van der Waals surface area contributed by atoms with Gasteiger partial charge in [-0.05, 0) is 6.07 Å². The molecule has 0 aliphatic heterocycles.